The highest BCUT2D eigenvalue weighted by atomic mass is 32.1. The van der Waals surface area contributed by atoms with Crippen LogP contribution in [0.15, 0.2) is 0 Å². The van der Waals surface area contributed by atoms with E-state index < -0.39 is 0 Å². The lowest BCUT2D eigenvalue weighted by atomic mass is 10.1. The summed E-state index contributed by atoms with van der Waals surface area (Å²) in [5.74, 6) is 0.296. The number of Topliss-reactive ketones (excluding diaryl/α,β-unsaturated/α-hetero) is 1. The van der Waals surface area contributed by atoms with Gasteiger partial charge in [-0.15, -0.1) is 16.4 Å². The van der Waals surface area contributed by atoms with Gasteiger partial charge in [0, 0.05) is 4.88 Å². The second kappa shape index (κ2) is 5.24. The molecule has 0 radical (unpaired) electrons. The van der Waals surface area contributed by atoms with Gasteiger partial charge in [0.1, 0.15) is 9.88 Å². The van der Waals surface area contributed by atoms with E-state index >= 15 is 0 Å². The molecule has 0 amide bonds. The molecule has 18 heavy (non-hydrogen) atoms. The van der Waals surface area contributed by atoms with Crippen LogP contribution in [0.3, 0.4) is 0 Å². The van der Waals surface area contributed by atoms with Gasteiger partial charge in [-0.05, 0) is 31.3 Å². The van der Waals surface area contributed by atoms with Crippen molar-refractivity contribution in [3.63, 3.8) is 0 Å². The molecule has 0 aromatic carbocycles. The van der Waals surface area contributed by atoms with E-state index in [-0.39, 0.29) is 11.7 Å². The quantitative estimate of drug-likeness (QED) is 0.808. The van der Waals surface area contributed by atoms with Crippen LogP contribution in [0.5, 0.6) is 0 Å². The normalized spacial score (nSPS) is 11.2. The van der Waals surface area contributed by atoms with E-state index in [0.29, 0.717) is 11.3 Å². The largest absolute Gasteiger partial charge is 0.293 e. The van der Waals surface area contributed by atoms with E-state index in [0.717, 1.165) is 16.4 Å². The van der Waals surface area contributed by atoms with Gasteiger partial charge in [0.15, 0.2) is 5.78 Å². The first-order chi connectivity index (χ1) is 8.49. The summed E-state index contributed by atoms with van der Waals surface area (Å²) in [6, 6.07) is 0. The van der Waals surface area contributed by atoms with Crippen molar-refractivity contribution in [1.29, 1.82) is 0 Å². The highest BCUT2D eigenvalue weighted by molar-refractivity contribution is 7.12. The van der Waals surface area contributed by atoms with Gasteiger partial charge in [0.25, 0.3) is 0 Å². The van der Waals surface area contributed by atoms with E-state index in [9.17, 15) is 4.79 Å². The molecule has 4 nitrogen and oxygen atoms in total. The summed E-state index contributed by atoms with van der Waals surface area (Å²) in [5, 5.41) is 4.91. The fourth-order valence-electron chi connectivity index (χ4n) is 1.60. The fourth-order valence-corrected chi connectivity index (χ4v) is 3.29. The van der Waals surface area contributed by atoms with Crippen LogP contribution < -0.4 is 0 Å². The van der Waals surface area contributed by atoms with E-state index in [1.54, 1.807) is 11.3 Å². The van der Waals surface area contributed by atoms with E-state index in [1.807, 2.05) is 27.7 Å². The highest BCUT2D eigenvalue weighted by Gasteiger charge is 2.20. The summed E-state index contributed by atoms with van der Waals surface area (Å²) < 4.78 is 3.88. The van der Waals surface area contributed by atoms with Gasteiger partial charge in [-0.3, -0.25) is 4.79 Å². The Kier molecular flexibility index (Phi) is 3.87. The van der Waals surface area contributed by atoms with Gasteiger partial charge in [-0.2, -0.15) is 0 Å². The van der Waals surface area contributed by atoms with Crippen LogP contribution in [0.2, 0.25) is 0 Å². The van der Waals surface area contributed by atoms with Gasteiger partial charge in [-0.25, -0.2) is 4.98 Å². The minimum absolute atomic E-state index is 0.0717. The summed E-state index contributed by atoms with van der Waals surface area (Å²) in [6.07, 6.45) is 0.350. The Morgan fingerprint density at radius 2 is 2.06 bits per heavy atom. The van der Waals surface area contributed by atoms with Crippen LogP contribution in [0, 0.1) is 13.8 Å². The molecule has 0 saturated heterocycles. The zero-order chi connectivity index (χ0) is 13.3. The molecule has 2 rings (SSSR count). The maximum Gasteiger partial charge on any atom is 0.183 e. The van der Waals surface area contributed by atoms with Crippen molar-refractivity contribution in [1.82, 2.24) is 14.6 Å². The average molecular weight is 281 g/mol. The van der Waals surface area contributed by atoms with Crippen molar-refractivity contribution in [2.24, 2.45) is 0 Å². The maximum atomic E-state index is 12.2. The van der Waals surface area contributed by atoms with Crippen molar-refractivity contribution < 1.29 is 4.79 Å². The molecule has 0 aliphatic rings. The Bertz CT molecular complexity index is 552. The van der Waals surface area contributed by atoms with Gasteiger partial charge in [-0.1, -0.05) is 18.3 Å². The third kappa shape index (κ3) is 2.64. The first-order valence-corrected chi connectivity index (χ1v) is 7.36. The fraction of sp³-hybridized carbons (Fsp3) is 0.500. The zero-order valence-corrected chi connectivity index (χ0v) is 12.5. The molecular weight excluding hydrogens is 266 g/mol. The first kappa shape index (κ1) is 13.3. The van der Waals surface area contributed by atoms with Gasteiger partial charge < -0.3 is 0 Å². The van der Waals surface area contributed by atoms with Crippen molar-refractivity contribution in [3.05, 3.63) is 26.1 Å². The summed E-state index contributed by atoms with van der Waals surface area (Å²) in [4.78, 5) is 18.5. The van der Waals surface area contributed by atoms with Crippen molar-refractivity contribution in [2.45, 2.75) is 40.0 Å². The molecule has 0 spiro atoms. The Morgan fingerprint density at radius 3 is 2.61 bits per heavy atom. The number of hydrogen-bond donors (Lipinski definition) is 0. The molecule has 0 N–H and O–H groups in total. The van der Waals surface area contributed by atoms with Crippen LogP contribution in [0.4, 0.5) is 0 Å². The maximum absolute atomic E-state index is 12.2. The average Bonchev–Trinajstić information content (AvgIpc) is 2.86. The topological polar surface area (TPSA) is 55.7 Å². The Hall–Kier alpha value is -1.14. The molecule has 0 saturated carbocycles. The Balaban J connectivity index is 2.19. The first-order valence-electron chi connectivity index (χ1n) is 5.77. The number of thiazole rings is 1. The van der Waals surface area contributed by atoms with E-state index in [1.165, 1.54) is 16.4 Å². The number of hydrogen-bond acceptors (Lipinski definition) is 6. The van der Waals surface area contributed by atoms with Gasteiger partial charge >= 0.3 is 0 Å². The minimum atomic E-state index is 0.0717. The lowest BCUT2D eigenvalue weighted by Crippen LogP contribution is -2.05. The number of nitrogens with zero attached hydrogens (tertiary/aromatic N) is 3. The monoisotopic (exact) mass is 281 g/mol. The number of aromatic nitrogens is 3. The zero-order valence-electron chi connectivity index (χ0n) is 10.9. The molecule has 0 atom stereocenters. The van der Waals surface area contributed by atoms with Gasteiger partial charge in [0.2, 0.25) is 0 Å². The van der Waals surface area contributed by atoms with Crippen LogP contribution in [-0.4, -0.2) is 20.4 Å². The molecular formula is C12H15N3OS2. The molecule has 2 aromatic heterocycles. The molecule has 96 valence electrons. The number of ketones is 1. The predicted octanol–water partition coefficient (Wildman–Crippen LogP) is 3.16. The molecule has 2 aromatic rings. The third-order valence-electron chi connectivity index (χ3n) is 2.70. The number of carbonyl (C=O) groups is 1. The second-order valence-corrected chi connectivity index (χ2v) is 6.53. The summed E-state index contributed by atoms with van der Waals surface area (Å²) in [6.45, 7) is 8.03. The molecule has 0 bridgehead atoms. The second-order valence-electron chi connectivity index (χ2n) is 4.49. The molecule has 0 fully saturated rings. The number of aryl methyl sites for hydroxylation is 2. The summed E-state index contributed by atoms with van der Waals surface area (Å²) >= 11 is 2.77. The molecule has 6 heteroatoms. The van der Waals surface area contributed by atoms with Gasteiger partial charge in [0.05, 0.1) is 17.8 Å². The van der Waals surface area contributed by atoms with E-state index in [4.69, 9.17) is 0 Å². The number of carbonyl (C=O) groups excluding carboxylic acids is 1. The lowest BCUT2D eigenvalue weighted by molar-refractivity contribution is 0.0995. The SMILES string of the molecule is Cc1nc(CC(=O)c2snnc2C(C)C)sc1C. The predicted molar refractivity (Wildman–Crippen MR) is 73.6 cm³/mol. The molecule has 0 unspecified atom stereocenters. The standard InChI is InChI=1S/C12H15N3OS2/c1-6(2)11-12(18-15-14-11)9(16)5-10-13-7(3)8(4)17-10/h6H,5H2,1-4H3. The Morgan fingerprint density at radius 1 is 1.33 bits per heavy atom. The number of rotatable bonds is 4. The highest BCUT2D eigenvalue weighted by Crippen LogP contribution is 2.23. The molecule has 0 aliphatic carbocycles. The minimum Gasteiger partial charge on any atom is -0.293 e. The van der Waals surface area contributed by atoms with Crippen LogP contribution in [-0.2, 0) is 6.42 Å². The van der Waals surface area contributed by atoms with Crippen molar-refractivity contribution in [2.75, 3.05) is 0 Å². The van der Waals surface area contributed by atoms with Crippen molar-refractivity contribution in [3.8, 4) is 0 Å². The van der Waals surface area contributed by atoms with Crippen molar-refractivity contribution >= 4 is 28.7 Å². The van der Waals surface area contributed by atoms with Crippen LogP contribution in [0.25, 0.3) is 0 Å². The summed E-state index contributed by atoms with van der Waals surface area (Å²) in [7, 11) is 0. The molecule has 2 heterocycles. The Labute approximate surface area is 114 Å². The van der Waals surface area contributed by atoms with Crippen LogP contribution >= 0.6 is 22.9 Å². The van der Waals surface area contributed by atoms with Crippen LogP contribution in [0.1, 0.15) is 50.7 Å². The molecule has 0 aliphatic heterocycles. The third-order valence-corrected chi connectivity index (χ3v) is 4.55. The van der Waals surface area contributed by atoms with E-state index in [2.05, 4.69) is 14.6 Å². The summed E-state index contributed by atoms with van der Waals surface area (Å²) in [5.41, 5.74) is 1.81. The smallest absolute Gasteiger partial charge is 0.183 e. The lowest BCUT2D eigenvalue weighted by Gasteiger charge is -2.01.